The van der Waals surface area contributed by atoms with E-state index in [1.165, 1.54) is 22.4 Å². The van der Waals surface area contributed by atoms with Crippen molar-refractivity contribution in [1.82, 2.24) is 15.1 Å². The molecule has 2 aromatic rings. The number of nitrogens with one attached hydrogen (secondary N) is 1. The summed E-state index contributed by atoms with van der Waals surface area (Å²) < 4.78 is 7.39. The molecule has 1 aromatic carbocycles. The quantitative estimate of drug-likeness (QED) is 0.915. The number of rotatable bonds is 5. The second-order valence-electron chi connectivity index (χ2n) is 5.66. The van der Waals surface area contributed by atoms with Gasteiger partial charge in [0.25, 0.3) is 0 Å². The van der Waals surface area contributed by atoms with Crippen LogP contribution in [0.4, 0.5) is 0 Å². The Morgan fingerprint density at radius 3 is 2.38 bits per heavy atom. The van der Waals surface area contributed by atoms with Gasteiger partial charge in [-0.3, -0.25) is 4.68 Å². The third-order valence-electron chi connectivity index (χ3n) is 4.09. The lowest BCUT2D eigenvalue weighted by Gasteiger charge is -2.22. The normalized spacial score (nSPS) is 14.0. The highest BCUT2D eigenvalue weighted by Crippen LogP contribution is 2.28. The number of hydrogen-bond donors (Lipinski definition) is 1. The minimum atomic E-state index is 0.203. The minimum absolute atomic E-state index is 0.203. The second-order valence-corrected chi connectivity index (χ2v) is 5.66. The molecule has 2 rings (SSSR count). The van der Waals surface area contributed by atoms with Gasteiger partial charge in [-0.2, -0.15) is 5.10 Å². The Hall–Kier alpha value is -1.81. The lowest BCUT2D eigenvalue weighted by Crippen LogP contribution is -2.23. The first kappa shape index (κ1) is 15.6. The van der Waals surface area contributed by atoms with E-state index < -0.39 is 0 Å². The third-order valence-corrected chi connectivity index (χ3v) is 4.09. The molecule has 0 saturated heterocycles. The number of aryl methyl sites for hydroxylation is 2. The van der Waals surface area contributed by atoms with Gasteiger partial charge in [-0.25, -0.2) is 0 Å². The molecule has 1 N–H and O–H groups in total. The Labute approximate surface area is 127 Å². The average molecular weight is 287 g/mol. The zero-order valence-electron chi connectivity index (χ0n) is 13.8. The van der Waals surface area contributed by atoms with E-state index in [0.717, 1.165) is 5.75 Å². The summed E-state index contributed by atoms with van der Waals surface area (Å²) in [5.74, 6) is 0.927. The molecule has 0 aliphatic rings. The summed E-state index contributed by atoms with van der Waals surface area (Å²) in [4.78, 5) is 0. The van der Waals surface area contributed by atoms with E-state index in [2.05, 4.69) is 50.2 Å². The van der Waals surface area contributed by atoms with Crippen molar-refractivity contribution in [2.24, 2.45) is 7.05 Å². The topological polar surface area (TPSA) is 39.1 Å². The summed E-state index contributed by atoms with van der Waals surface area (Å²) in [6.45, 7) is 8.53. The Balaban J connectivity index is 2.19. The number of benzene rings is 1. The number of hydrogen-bond acceptors (Lipinski definition) is 3. The van der Waals surface area contributed by atoms with Crippen LogP contribution in [0.2, 0.25) is 0 Å². The van der Waals surface area contributed by atoms with Crippen LogP contribution in [0.3, 0.4) is 0 Å². The number of methoxy groups -OCH3 is 1. The van der Waals surface area contributed by atoms with Gasteiger partial charge in [0.1, 0.15) is 5.75 Å². The molecule has 0 amide bonds. The molecule has 4 heteroatoms. The molecule has 2 atom stereocenters. The van der Waals surface area contributed by atoms with E-state index in [9.17, 15) is 0 Å². The van der Waals surface area contributed by atoms with E-state index in [1.54, 1.807) is 7.11 Å². The summed E-state index contributed by atoms with van der Waals surface area (Å²) in [6, 6.07) is 6.72. The molecule has 0 aliphatic heterocycles. The van der Waals surface area contributed by atoms with Crippen molar-refractivity contribution in [1.29, 1.82) is 0 Å². The zero-order chi connectivity index (χ0) is 15.6. The van der Waals surface area contributed by atoms with E-state index in [4.69, 9.17) is 4.74 Å². The molecule has 2 unspecified atom stereocenters. The number of aromatic nitrogens is 2. The summed E-state index contributed by atoms with van der Waals surface area (Å²) in [6.07, 6.45) is 1.94. The molecule has 21 heavy (non-hydrogen) atoms. The van der Waals surface area contributed by atoms with Crippen LogP contribution in [-0.4, -0.2) is 16.9 Å². The highest BCUT2D eigenvalue weighted by Gasteiger charge is 2.17. The maximum Gasteiger partial charge on any atom is 0.123 e. The number of ether oxygens (including phenoxy) is 1. The van der Waals surface area contributed by atoms with Gasteiger partial charge in [0.05, 0.1) is 13.3 Å². The van der Waals surface area contributed by atoms with Crippen LogP contribution in [0, 0.1) is 13.8 Å². The molecule has 0 spiro atoms. The lowest BCUT2D eigenvalue weighted by atomic mass is 10.0. The van der Waals surface area contributed by atoms with Gasteiger partial charge in [0, 0.05) is 36.0 Å². The van der Waals surface area contributed by atoms with E-state index in [0.29, 0.717) is 0 Å². The van der Waals surface area contributed by atoms with Crippen LogP contribution in [-0.2, 0) is 7.05 Å². The molecular weight excluding hydrogens is 262 g/mol. The van der Waals surface area contributed by atoms with Crippen molar-refractivity contribution in [2.45, 2.75) is 39.8 Å². The molecule has 0 radical (unpaired) electrons. The molecule has 0 fully saturated rings. The monoisotopic (exact) mass is 287 g/mol. The summed E-state index contributed by atoms with van der Waals surface area (Å²) >= 11 is 0. The van der Waals surface area contributed by atoms with Gasteiger partial charge < -0.3 is 10.1 Å². The second kappa shape index (κ2) is 6.31. The first-order valence-electron chi connectivity index (χ1n) is 7.33. The smallest absolute Gasteiger partial charge is 0.123 e. The fourth-order valence-corrected chi connectivity index (χ4v) is 2.69. The minimum Gasteiger partial charge on any atom is -0.496 e. The maximum atomic E-state index is 5.48. The highest BCUT2D eigenvalue weighted by molar-refractivity contribution is 5.39. The van der Waals surface area contributed by atoms with Crippen molar-refractivity contribution in [3.63, 3.8) is 0 Å². The van der Waals surface area contributed by atoms with Gasteiger partial charge in [-0.1, -0.05) is 17.7 Å². The van der Waals surface area contributed by atoms with Gasteiger partial charge in [0.15, 0.2) is 0 Å². The average Bonchev–Trinajstić information content (AvgIpc) is 2.79. The molecule has 114 valence electrons. The summed E-state index contributed by atoms with van der Waals surface area (Å²) in [5, 5.41) is 7.95. The molecule has 0 saturated carbocycles. The summed E-state index contributed by atoms with van der Waals surface area (Å²) in [7, 11) is 3.69. The predicted molar refractivity (Wildman–Crippen MR) is 85.6 cm³/mol. The first-order chi connectivity index (χ1) is 9.93. The van der Waals surface area contributed by atoms with Crippen LogP contribution in [0.25, 0.3) is 0 Å². The van der Waals surface area contributed by atoms with E-state index >= 15 is 0 Å². The Kier molecular flexibility index (Phi) is 4.68. The molecule has 1 heterocycles. The van der Waals surface area contributed by atoms with E-state index in [1.807, 2.05) is 24.0 Å². The van der Waals surface area contributed by atoms with E-state index in [-0.39, 0.29) is 12.1 Å². The van der Waals surface area contributed by atoms with Crippen molar-refractivity contribution >= 4 is 0 Å². The third kappa shape index (κ3) is 3.27. The van der Waals surface area contributed by atoms with Crippen LogP contribution in [0.1, 0.15) is 48.3 Å². The lowest BCUT2D eigenvalue weighted by molar-refractivity contribution is 0.396. The van der Waals surface area contributed by atoms with Crippen molar-refractivity contribution < 1.29 is 4.74 Å². The van der Waals surface area contributed by atoms with Crippen LogP contribution < -0.4 is 10.1 Å². The Bertz CT molecular complexity index is 618. The summed E-state index contributed by atoms with van der Waals surface area (Å²) in [5.41, 5.74) is 4.85. The van der Waals surface area contributed by atoms with Gasteiger partial charge in [-0.15, -0.1) is 0 Å². The van der Waals surface area contributed by atoms with Crippen LogP contribution >= 0.6 is 0 Å². The largest absolute Gasteiger partial charge is 0.496 e. The van der Waals surface area contributed by atoms with Gasteiger partial charge >= 0.3 is 0 Å². The molecule has 4 nitrogen and oxygen atoms in total. The maximum absolute atomic E-state index is 5.48. The van der Waals surface area contributed by atoms with Crippen molar-refractivity contribution in [2.75, 3.05) is 7.11 Å². The standard InChI is InChI=1S/C17H25N3O/c1-11-7-8-17(21-6)15(9-11)12(2)19-13(3)16-10-18-20(5)14(16)4/h7-10,12-13,19H,1-6H3. The van der Waals surface area contributed by atoms with Crippen molar-refractivity contribution in [3.05, 3.63) is 46.8 Å². The van der Waals surface area contributed by atoms with Gasteiger partial charge in [-0.05, 0) is 33.8 Å². The fourth-order valence-electron chi connectivity index (χ4n) is 2.69. The Morgan fingerprint density at radius 2 is 1.81 bits per heavy atom. The predicted octanol–water partition coefficient (Wildman–Crippen LogP) is 3.46. The number of nitrogens with zero attached hydrogens (tertiary/aromatic N) is 2. The SMILES string of the molecule is COc1ccc(C)cc1C(C)NC(C)c1cnn(C)c1C. The molecule has 0 bridgehead atoms. The van der Waals surface area contributed by atoms with Crippen LogP contribution in [0.5, 0.6) is 5.75 Å². The Morgan fingerprint density at radius 1 is 1.14 bits per heavy atom. The fraction of sp³-hybridized carbons (Fsp3) is 0.471. The molecule has 1 aromatic heterocycles. The highest BCUT2D eigenvalue weighted by atomic mass is 16.5. The van der Waals surface area contributed by atoms with Gasteiger partial charge in [0.2, 0.25) is 0 Å². The zero-order valence-corrected chi connectivity index (χ0v) is 13.8. The first-order valence-corrected chi connectivity index (χ1v) is 7.33. The van der Waals surface area contributed by atoms with Crippen LogP contribution in [0.15, 0.2) is 24.4 Å². The molecular formula is C17H25N3O. The molecule has 0 aliphatic carbocycles. The van der Waals surface area contributed by atoms with Crippen molar-refractivity contribution in [3.8, 4) is 5.75 Å².